The molecule has 0 saturated carbocycles. The van der Waals surface area contributed by atoms with Crippen LogP contribution in [-0.2, 0) is 0 Å². The van der Waals surface area contributed by atoms with E-state index in [2.05, 4.69) is 41.1 Å². The fraction of sp³-hybridized carbons (Fsp3) is 0.292. The lowest BCUT2D eigenvalue weighted by Gasteiger charge is -2.32. The Morgan fingerprint density at radius 1 is 1.03 bits per heavy atom. The van der Waals surface area contributed by atoms with Crippen LogP contribution in [0.1, 0.15) is 37.8 Å². The molecular formula is C24H24N2O2S. The van der Waals surface area contributed by atoms with Gasteiger partial charge in [0, 0.05) is 27.9 Å². The average Bonchev–Trinajstić information content (AvgIpc) is 3.25. The van der Waals surface area contributed by atoms with Gasteiger partial charge in [0.25, 0.3) is 5.56 Å². The number of piperidine rings is 1. The van der Waals surface area contributed by atoms with Crippen LogP contribution in [0.5, 0.6) is 5.75 Å². The van der Waals surface area contributed by atoms with Crippen LogP contribution in [0.25, 0.3) is 32.1 Å². The van der Waals surface area contributed by atoms with E-state index in [-0.39, 0.29) is 11.3 Å². The van der Waals surface area contributed by atoms with Crippen molar-refractivity contribution in [2.24, 2.45) is 0 Å². The van der Waals surface area contributed by atoms with E-state index in [9.17, 15) is 9.90 Å². The molecule has 1 unspecified atom stereocenters. The Morgan fingerprint density at radius 3 is 2.55 bits per heavy atom. The number of benzene rings is 2. The normalized spacial score (nSPS) is 16.4. The van der Waals surface area contributed by atoms with E-state index in [1.807, 2.05) is 11.4 Å². The molecule has 1 atom stereocenters. The minimum Gasteiger partial charge on any atom is -0.507 e. The Kier molecular flexibility index (Phi) is 4.64. The summed E-state index contributed by atoms with van der Waals surface area (Å²) in [5.74, 6) is 0.230. The van der Waals surface area contributed by atoms with Crippen LogP contribution < -0.4 is 5.56 Å². The van der Waals surface area contributed by atoms with Crippen molar-refractivity contribution in [3.8, 4) is 16.9 Å². The Balaban J connectivity index is 1.61. The maximum atomic E-state index is 12.3. The third-order valence-electron chi connectivity index (χ3n) is 6.19. The van der Waals surface area contributed by atoms with E-state index in [0.717, 1.165) is 40.5 Å². The molecule has 0 amide bonds. The quantitative estimate of drug-likeness (QED) is 0.463. The van der Waals surface area contributed by atoms with Crippen LogP contribution in [0.15, 0.2) is 52.6 Å². The van der Waals surface area contributed by atoms with Crippen molar-refractivity contribution in [2.75, 3.05) is 13.1 Å². The number of aromatic nitrogens is 1. The van der Waals surface area contributed by atoms with Crippen LogP contribution in [0.2, 0.25) is 0 Å². The number of H-pyrrole nitrogens is 1. The predicted molar refractivity (Wildman–Crippen MR) is 121 cm³/mol. The number of fused-ring (bicyclic) bond motifs is 3. The average molecular weight is 405 g/mol. The van der Waals surface area contributed by atoms with Crippen molar-refractivity contribution in [3.05, 3.63) is 63.8 Å². The fourth-order valence-electron chi connectivity index (χ4n) is 4.57. The second-order valence-corrected chi connectivity index (χ2v) is 8.81. The molecule has 2 aromatic heterocycles. The summed E-state index contributed by atoms with van der Waals surface area (Å²) in [6.45, 7) is 4.60. The maximum Gasteiger partial charge on any atom is 0.266 e. The Hall–Kier alpha value is -2.63. The number of thiophene rings is 1. The molecule has 2 aromatic carbocycles. The van der Waals surface area contributed by atoms with Gasteiger partial charge in [0.2, 0.25) is 0 Å². The monoisotopic (exact) mass is 404 g/mol. The largest absolute Gasteiger partial charge is 0.507 e. The maximum absolute atomic E-state index is 12.3. The molecule has 0 bridgehead atoms. The summed E-state index contributed by atoms with van der Waals surface area (Å²) in [7, 11) is 0. The highest BCUT2D eigenvalue weighted by Gasteiger charge is 2.19. The summed E-state index contributed by atoms with van der Waals surface area (Å²) in [6.07, 6.45) is 3.89. The zero-order valence-corrected chi connectivity index (χ0v) is 17.3. The number of phenols is 1. The van der Waals surface area contributed by atoms with E-state index in [0.29, 0.717) is 10.7 Å². The Labute approximate surface area is 173 Å². The second kappa shape index (κ2) is 7.32. The first-order valence-corrected chi connectivity index (χ1v) is 11.1. The van der Waals surface area contributed by atoms with Gasteiger partial charge in [-0.25, -0.2) is 0 Å². The number of hydrogen-bond acceptors (Lipinski definition) is 4. The lowest BCUT2D eigenvalue weighted by molar-refractivity contribution is 0.175. The van der Waals surface area contributed by atoms with Crippen molar-refractivity contribution >= 4 is 32.3 Å². The van der Waals surface area contributed by atoms with Crippen LogP contribution in [-0.4, -0.2) is 28.1 Å². The standard InChI is InChI=1S/C24H24N2O2S/c1-15(26-12-3-2-4-13-26)16-5-7-17(8-6-16)21-20(27)10-9-19-22(21)18-11-14-29-23(18)24(28)25-19/h5-11,14-15,27H,2-4,12-13H2,1H3,(H,25,28). The molecule has 1 aliphatic heterocycles. The van der Waals surface area contributed by atoms with Crippen molar-refractivity contribution in [1.29, 1.82) is 0 Å². The number of rotatable bonds is 3. The number of phenolic OH excluding ortho intramolecular Hbond substituents is 1. The van der Waals surface area contributed by atoms with Crippen molar-refractivity contribution in [3.63, 3.8) is 0 Å². The molecule has 1 saturated heterocycles. The molecule has 0 spiro atoms. The Bertz CT molecular complexity index is 1230. The van der Waals surface area contributed by atoms with Gasteiger partial charge in [0.15, 0.2) is 0 Å². The smallest absolute Gasteiger partial charge is 0.266 e. The molecule has 4 aromatic rings. The van der Waals surface area contributed by atoms with E-state index in [4.69, 9.17) is 0 Å². The Morgan fingerprint density at radius 2 is 1.79 bits per heavy atom. The lowest BCUT2D eigenvalue weighted by atomic mass is 9.95. The number of nitrogens with zero attached hydrogens (tertiary/aromatic N) is 1. The first-order chi connectivity index (χ1) is 14.1. The summed E-state index contributed by atoms with van der Waals surface area (Å²) in [5.41, 5.74) is 3.70. The van der Waals surface area contributed by atoms with Crippen molar-refractivity contribution < 1.29 is 5.11 Å². The van der Waals surface area contributed by atoms with Crippen LogP contribution in [0, 0.1) is 0 Å². The summed E-state index contributed by atoms with van der Waals surface area (Å²) in [4.78, 5) is 17.9. The first-order valence-electron chi connectivity index (χ1n) is 10.2. The highest BCUT2D eigenvalue weighted by molar-refractivity contribution is 7.17. The molecule has 5 rings (SSSR count). The molecule has 148 valence electrons. The van der Waals surface area contributed by atoms with Crippen molar-refractivity contribution in [1.82, 2.24) is 9.88 Å². The summed E-state index contributed by atoms with van der Waals surface area (Å²) in [6, 6.07) is 14.3. The molecule has 0 aliphatic carbocycles. The number of pyridine rings is 1. The fourth-order valence-corrected chi connectivity index (χ4v) is 5.37. The zero-order valence-electron chi connectivity index (χ0n) is 16.4. The zero-order chi connectivity index (χ0) is 20.0. The summed E-state index contributed by atoms with van der Waals surface area (Å²) >= 11 is 1.43. The van der Waals surface area contributed by atoms with Gasteiger partial charge in [0.05, 0.1) is 0 Å². The molecule has 1 aliphatic rings. The number of likely N-dealkylation sites (tertiary alicyclic amines) is 1. The molecule has 5 heteroatoms. The third-order valence-corrected chi connectivity index (χ3v) is 7.11. The molecule has 2 N–H and O–H groups in total. The van der Waals surface area contributed by atoms with Gasteiger partial charge in [-0.3, -0.25) is 9.69 Å². The number of aromatic hydroxyl groups is 1. The highest BCUT2D eigenvalue weighted by atomic mass is 32.1. The van der Waals surface area contributed by atoms with E-state index in [1.54, 1.807) is 12.1 Å². The van der Waals surface area contributed by atoms with Crippen LogP contribution in [0.4, 0.5) is 0 Å². The van der Waals surface area contributed by atoms with Gasteiger partial charge in [-0.1, -0.05) is 30.7 Å². The molecule has 3 heterocycles. The van der Waals surface area contributed by atoms with Crippen LogP contribution in [0.3, 0.4) is 0 Å². The van der Waals surface area contributed by atoms with Crippen LogP contribution >= 0.6 is 11.3 Å². The summed E-state index contributed by atoms with van der Waals surface area (Å²) < 4.78 is 0.694. The molecular weight excluding hydrogens is 380 g/mol. The van der Waals surface area contributed by atoms with Crippen molar-refractivity contribution in [2.45, 2.75) is 32.2 Å². The van der Waals surface area contributed by atoms with Gasteiger partial charge >= 0.3 is 0 Å². The third kappa shape index (κ3) is 3.15. The van der Waals surface area contributed by atoms with Gasteiger partial charge in [-0.15, -0.1) is 11.3 Å². The van der Waals surface area contributed by atoms with Gasteiger partial charge in [0.1, 0.15) is 10.4 Å². The summed E-state index contributed by atoms with van der Waals surface area (Å²) in [5, 5.41) is 14.4. The molecule has 1 fully saturated rings. The number of nitrogens with one attached hydrogen (secondary N) is 1. The van der Waals surface area contributed by atoms with Gasteiger partial charge in [-0.2, -0.15) is 0 Å². The van der Waals surface area contributed by atoms with Gasteiger partial charge in [-0.05, 0) is 67.6 Å². The van der Waals surface area contributed by atoms with E-state index in [1.165, 1.54) is 36.2 Å². The number of hydrogen-bond donors (Lipinski definition) is 2. The predicted octanol–water partition coefficient (Wildman–Crippen LogP) is 5.66. The molecule has 29 heavy (non-hydrogen) atoms. The van der Waals surface area contributed by atoms with Gasteiger partial charge < -0.3 is 10.1 Å². The topological polar surface area (TPSA) is 56.3 Å². The second-order valence-electron chi connectivity index (χ2n) is 7.89. The minimum atomic E-state index is -0.0788. The van der Waals surface area contributed by atoms with E-state index < -0.39 is 0 Å². The number of aromatic amines is 1. The highest BCUT2D eigenvalue weighted by Crippen LogP contribution is 2.40. The molecule has 4 nitrogen and oxygen atoms in total. The SMILES string of the molecule is CC(c1ccc(-c2c(O)ccc3[nH]c(=O)c4sccc4c23)cc1)N1CCCCC1. The molecule has 0 radical (unpaired) electrons. The first kappa shape index (κ1) is 18.4. The van der Waals surface area contributed by atoms with E-state index >= 15 is 0 Å². The minimum absolute atomic E-state index is 0.0788. The lowest BCUT2D eigenvalue weighted by Crippen LogP contribution is -2.32.